The van der Waals surface area contributed by atoms with Gasteiger partial charge in [-0.2, -0.15) is 0 Å². The first-order chi connectivity index (χ1) is 17.1. The summed E-state index contributed by atoms with van der Waals surface area (Å²) in [6, 6.07) is 23.7. The van der Waals surface area contributed by atoms with Crippen molar-refractivity contribution in [3.8, 4) is 0 Å². The Bertz CT molecular complexity index is 1420. The first kappa shape index (κ1) is 26.0. The lowest BCUT2D eigenvalue weighted by Crippen LogP contribution is -2.67. The Morgan fingerprint density at radius 3 is 1.50 bits per heavy atom. The number of non-ortho nitro benzene ring substituents is 1. The summed E-state index contributed by atoms with van der Waals surface area (Å²) in [5.74, 6) is 0. The topological polar surface area (TPSA) is 69.2 Å². The highest BCUT2D eigenvalue weighted by molar-refractivity contribution is 7.58. The second-order valence-corrected chi connectivity index (χ2v) is 27.9. The highest BCUT2D eigenvalue weighted by atomic mass is 32.1. The number of hydrogen-bond acceptors (Lipinski definition) is 5. The van der Waals surface area contributed by atoms with Gasteiger partial charge in [0.05, 0.1) is 20.1 Å². The largest absolute Gasteiger partial charge is 0.399 e. The maximum absolute atomic E-state index is 10.9. The zero-order valence-electron chi connectivity index (χ0n) is 20.9. The van der Waals surface area contributed by atoms with E-state index in [2.05, 4.69) is 68.7 Å². The molecule has 0 saturated heterocycles. The van der Waals surface area contributed by atoms with Crippen LogP contribution < -0.4 is 14.7 Å². The van der Waals surface area contributed by atoms with E-state index in [0.29, 0.717) is 0 Å². The summed E-state index contributed by atoms with van der Waals surface area (Å²) in [7, 11) is -3.42. The highest BCUT2D eigenvalue weighted by Crippen LogP contribution is 2.27. The quantitative estimate of drug-likeness (QED) is 0.109. The van der Waals surface area contributed by atoms with Crippen LogP contribution in [0.2, 0.25) is 26.2 Å². The lowest BCUT2D eigenvalue weighted by atomic mass is 10.2. The number of nitrogen functional groups attached to an aromatic ring is 1. The Balaban J connectivity index is 1.50. The van der Waals surface area contributed by atoms with Crippen molar-refractivity contribution in [3.05, 3.63) is 104 Å². The van der Waals surface area contributed by atoms with Crippen LogP contribution in [-0.4, -0.2) is 20.1 Å². The molecule has 0 bridgehead atoms. The number of benzene rings is 2. The van der Waals surface area contributed by atoms with E-state index in [9.17, 15) is 10.1 Å². The molecule has 0 amide bonds. The molecule has 0 radical (unpaired) electrons. The summed E-state index contributed by atoms with van der Waals surface area (Å²) in [6.07, 6.45) is 8.48. The molecular weight excluding hydrogens is 517 g/mol. The summed E-state index contributed by atoms with van der Waals surface area (Å²) >= 11 is 3.81. The van der Waals surface area contributed by atoms with Gasteiger partial charge < -0.3 is 5.73 Å². The van der Waals surface area contributed by atoms with Gasteiger partial charge in [0, 0.05) is 27.6 Å². The summed E-state index contributed by atoms with van der Waals surface area (Å²) in [4.78, 5) is 13.0. The molecule has 0 aliphatic heterocycles. The lowest BCUT2D eigenvalue weighted by molar-refractivity contribution is -0.384. The van der Waals surface area contributed by atoms with Gasteiger partial charge >= 0.3 is 0 Å². The zero-order valence-corrected chi connectivity index (χ0v) is 24.5. The van der Waals surface area contributed by atoms with E-state index in [0.717, 1.165) is 16.8 Å². The molecule has 4 nitrogen and oxygen atoms in total. The summed E-state index contributed by atoms with van der Waals surface area (Å²) in [6.45, 7) is 10.1. The molecule has 36 heavy (non-hydrogen) atoms. The Morgan fingerprint density at radius 1 is 0.667 bits per heavy atom. The van der Waals surface area contributed by atoms with Gasteiger partial charge in [0.2, 0.25) is 0 Å². The van der Waals surface area contributed by atoms with Gasteiger partial charge in [-0.15, -0.1) is 22.7 Å². The minimum atomic E-state index is -1.71. The Morgan fingerprint density at radius 2 is 1.08 bits per heavy atom. The molecule has 2 aromatic carbocycles. The number of rotatable bonds is 8. The average Bonchev–Trinajstić information content (AvgIpc) is 3.53. The van der Waals surface area contributed by atoms with E-state index in [1.807, 2.05) is 53.0 Å². The van der Waals surface area contributed by atoms with Gasteiger partial charge in [-0.3, -0.25) is 10.1 Å². The number of hydrogen-bond donors (Lipinski definition) is 1. The van der Waals surface area contributed by atoms with Gasteiger partial charge in [-0.1, -0.05) is 62.6 Å². The predicted molar refractivity (Wildman–Crippen MR) is 165 cm³/mol. The molecule has 2 heterocycles. The SMILES string of the molecule is C[Si](C)(c1ccc(/C=C/c2ccc(N)cc2)s1)[Si](C)(C)c1ccc(/C=C/c2ccc([N+](=O)[O-])cc2)s1. The van der Waals surface area contributed by atoms with Crippen LogP contribution in [0.5, 0.6) is 0 Å². The average molecular weight is 547 g/mol. The Hall–Kier alpha value is -3.05. The van der Waals surface area contributed by atoms with Gasteiger partial charge in [-0.25, -0.2) is 0 Å². The molecule has 0 aliphatic carbocycles. The molecule has 0 atom stereocenters. The van der Waals surface area contributed by atoms with Crippen molar-refractivity contribution in [3.63, 3.8) is 0 Å². The molecule has 0 fully saturated rings. The fourth-order valence-corrected chi connectivity index (χ4v) is 19.9. The second kappa shape index (κ2) is 10.5. The zero-order chi connectivity index (χ0) is 25.9. The van der Waals surface area contributed by atoms with Crippen molar-refractivity contribution >= 4 is 82.5 Å². The van der Waals surface area contributed by atoms with Crippen LogP contribution in [0.25, 0.3) is 24.3 Å². The summed E-state index contributed by atoms with van der Waals surface area (Å²) < 4.78 is 3.07. The van der Waals surface area contributed by atoms with Crippen molar-refractivity contribution in [1.29, 1.82) is 0 Å². The third-order valence-electron chi connectivity index (χ3n) is 6.97. The summed E-state index contributed by atoms with van der Waals surface area (Å²) in [5.41, 5.74) is 8.80. The first-order valence-corrected chi connectivity index (χ1v) is 20.4. The predicted octanol–water partition coefficient (Wildman–Crippen LogP) is 7.25. The minimum Gasteiger partial charge on any atom is -0.399 e. The lowest BCUT2D eigenvalue weighted by Gasteiger charge is -2.36. The maximum atomic E-state index is 10.9. The van der Waals surface area contributed by atoms with E-state index < -0.39 is 15.2 Å². The van der Waals surface area contributed by atoms with E-state index in [1.165, 1.54) is 14.3 Å². The van der Waals surface area contributed by atoms with Crippen molar-refractivity contribution in [2.75, 3.05) is 5.73 Å². The first-order valence-electron chi connectivity index (χ1n) is 11.7. The molecule has 2 N–H and O–H groups in total. The van der Waals surface area contributed by atoms with Crippen LogP contribution in [0.1, 0.15) is 20.9 Å². The minimum absolute atomic E-state index is 0.114. The molecule has 0 unspecified atom stereocenters. The van der Waals surface area contributed by atoms with E-state index >= 15 is 0 Å². The molecular formula is C28H30N2O2S2Si2. The van der Waals surface area contributed by atoms with Crippen molar-refractivity contribution in [2.24, 2.45) is 0 Å². The van der Waals surface area contributed by atoms with Crippen LogP contribution in [-0.2, 0) is 0 Å². The van der Waals surface area contributed by atoms with Crippen molar-refractivity contribution < 1.29 is 4.92 Å². The van der Waals surface area contributed by atoms with Crippen LogP contribution in [0.15, 0.2) is 72.8 Å². The highest BCUT2D eigenvalue weighted by Gasteiger charge is 2.45. The molecule has 4 aromatic rings. The second-order valence-electron chi connectivity index (χ2n) is 9.84. The summed E-state index contributed by atoms with van der Waals surface area (Å²) in [5, 5.41) is 10.9. The standard InChI is InChI=1S/C28H30N2O2S2Si2/c1-35(2,27-19-17-25(33-27)15-9-21-5-11-23(29)12-6-21)36(3,4)28-20-18-26(34-28)16-10-22-7-13-24(14-8-22)30(31)32/h5-20H,29H2,1-4H3/b15-9+,16-10+. The molecule has 4 rings (SSSR count). The Kier molecular flexibility index (Phi) is 7.60. The normalized spacial score (nSPS) is 12.6. The van der Waals surface area contributed by atoms with Crippen molar-refractivity contribution in [1.82, 2.24) is 0 Å². The number of thiophene rings is 2. The third-order valence-corrected chi connectivity index (χ3v) is 30.4. The number of anilines is 1. The molecule has 8 heteroatoms. The van der Waals surface area contributed by atoms with Gasteiger partial charge in [0.1, 0.15) is 0 Å². The van der Waals surface area contributed by atoms with Gasteiger partial charge in [0.15, 0.2) is 0 Å². The number of nitrogens with two attached hydrogens (primary N) is 1. The van der Waals surface area contributed by atoms with Crippen LogP contribution in [0.3, 0.4) is 0 Å². The number of nitro groups is 1. The molecule has 0 spiro atoms. The molecule has 0 saturated carbocycles. The smallest absolute Gasteiger partial charge is 0.269 e. The van der Waals surface area contributed by atoms with E-state index in [1.54, 1.807) is 28.8 Å². The fraction of sp³-hybridized carbons (Fsp3) is 0.143. The monoisotopic (exact) mass is 546 g/mol. The van der Waals surface area contributed by atoms with Gasteiger partial charge in [-0.05, 0) is 68.7 Å². The van der Waals surface area contributed by atoms with Gasteiger partial charge in [0.25, 0.3) is 5.69 Å². The number of nitro benzene ring substituents is 1. The molecule has 2 aromatic heterocycles. The molecule has 184 valence electrons. The van der Waals surface area contributed by atoms with Crippen molar-refractivity contribution in [2.45, 2.75) is 26.2 Å². The van der Waals surface area contributed by atoms with Crippen LogP contribution in [0, 0.1) is 10.1 Å². The Labute approximate surface area is 222 Å². The number of nitrogens with zero attached hydrogens (tertiary/aromatic N) is 1. The fourth-order valence-electron chi connectivity index (χ4n) is 3.84. The molecule has 0 aliphatic rings. The maximum Gasteiger partial charge on any atom is 0.269 e. The van der Waals surface area contributed by atoms with E-state index in [-0.39, 0.29) is 10.6 Å². The van der Waals surface area contributed by atoms with Crippen LogP contribution in [0.4, 0.5) is 11.4 Å². The third kappa shape index (κ3) is 5.68. The van der Waals surface area contributed by atoms with E-state index in [4.69, 9.17) is 5.73 Å². The van der Waals surface area contributed by atoms with Crippen LogP contribution >= 0.6 is 22.7 Å².